The second-order valence-corrected chi connectivity index (χ2v) is 15.4. The Balaban J connectivity index is 1.10. The minimum absolute atomic E-state index is 0.603. The molecular weight excluding hydrogens is 745 g/mol. The molecule has 0 saturated heterocycles. The minimum atomic E-state index is 0.603. The van der Waals surface area contributed by atoms with Crippen LogP contribution in [0.5, 0.6) is 0 Å². The van der Waals surface area contributed by atoms with E-state index in [0.717, 1.165) is 98.7 Å². The predicted molar refractivity (Wildman–Crippen MR) is 250 cm³/mol. The molecule has 0 radical (unpaired) electrons. The summed E-state index contributed by atoms with van der Waals surface area (Å²) in [7, 11) is 0. The molecule has 0 amide bonds. The van der Waals surface area contributed by atoms with Crippen molar-refractivity contribution in [2.24, 2.45) is 0 Å². The van der Waals surface area contributed by atoms with Gasteiger partial charge in [-0.2, -0.15) is 0 Å². The van der Waals surface area contributed by atoms with Crippen molar-refractivity contribution < 1.29 is 4.42 Å². The topological polar surface area (TPSA) is 64.7 Å². The molecular formula is C56H34N4O. The quantitative estimate of drug-likeness (QED) is 0.157. The van der Waals surface area contributed by atoms with Crippen LogP contribution in [0.2, 0.25) is 0 Å². The van der Waals surface area contributed by atoms with Crippen LogP contribution in [-0.2, 0) is 0 Å². The van der Waals surface area contributed by atoms with E-state index in [1.807, 2.05) is 42.5 Å². The van der Waals surface area contributed by atoms with Crippen molar-refractivity contribution in [2.75, 3.05) is 0 Å². The molecule has 5 heteroatoms. The van der Waals surface area contributed by atoms with Gasteiger partial charge in [-0.25, -0.2) is 19.9 Å². The van der Waals surface area contributed by atoms with Crippen molar-refractivity contribution >= 4 is 54.2 Å². The molecule has 2 heterocycles. The molecule has 284 valence electrons. The summed E-state index contributed by atoms with van der Waals surface area (Å²) >= 11 is 0. The van der Waals surface area contributed by atoms with Crippen LogP contribution in [0.1, 0.15) is 0 Å². The summed E-state index contributed by atoms with van der Waals surface area (Å²) in [4.78, 5) is 20.9. The van der Waals surface area contributed by atoms with Crippen LogP contribution in [-0.4, -0.2) is 19.9 Å². The molecule has 0 fully saturated rings. The van der Waals surface area contributed by atoms with E-state index >= 15 is 0 Å². The summed E-state index contributed by atoms with van der Waals surface area (Å²) in [6, 6.07) is 71.7. The van der Waals surface area contributed by atoms with Gasteiger partial charge in [-0.1, -0.05) is 176 Å². The second kappa shape index (κ2) is 14.2. The van der Waals surface area contributed by atoms with Crippen molar-refractivity contribution in [1.82, 2.24) is 19.9 Å². The van der Waals surface area contributed by atoms with E-state index < -0.39 is 0 Å². The number of hydrogen-bond acceptors (Lipinski definition) is 5. The van der Waals surface area contributed by atoms with Gasteiger partial charge in [0.15, 0.2) is 23.1 Å². The van der Waals surface area contributed by atoms with E-state index in [-0.39, 0.29) is 0 Å². The lowest BCUT2D eigenvalue weighted by molar-refractivity contribution is 0.623. The van der Waals surface area contributed by atoms with E-state index in [2.05, 4.69) is 164 Å². The third-order valence-corrected chi connectivity index (χ3v) is 11.8. The molecule has 0 atom stereocenters. The molecule has 0 unspecified atom stereocenters. The first-order valence-electron chi connectivity index (χ1n) is 20.5. The van der Waals surface area contributed by atoms with Gasteiger partial charge in [-0.05, 0) is 84.9 Å². The summed E-state index contributed by atoms with van der Waals surface area (Å²) in [5.41, 5.74) is 9.93. The van der Waals surface area contributed by atoms with Crippen LogP contribution in [0, 0.1) is 0 Å². The largest absolute Gasteiger partial charge is 0.435 e. The number of hydrogen-bond donors (Lipinski definition) is 0. The maximum absolute atomic E-state index is 6.63. The first-order valence-corrected chi connectivity index (χ1v) is 20.5. The third kappa shape index (κ3) is 5.94. The summed E-state index contributed by atoms with van der Waals surface area (Å²) in [6.07, 6.45) is 0. The lowest BCUT2D eigenvalue weighted by Gasteiger charge is -2.15. The zero-order chi connectivity index (χ0) is 40.3. The number of benzene rings is 10. The molecule has 12 rings (SSSR count). The SMILES string of the molecule is c1ccc(-c2ccc(-c3nc(-c4ccc(-c5ccccc5)c5ccccc45)nc(-c4cc5ccc6ccc7nc(-c8ccccc8)oc7c6c5c5ccccc45)n3)cc2)cc1. The second-order valence-electron chi connectivity index (χ2n) is 15.4. The third-order valence-electron chi connectivity index (χ3n) is 11.8. The summed E-state index contributed by atoms with van der Waals surface area (Å²) in [5.74, 6) is 2.43. The first kappa shape index (κ1) is 34.7. The highest BCUT2D eigenvalue weighted by Gasteiger charge is 2.21. The van der Waals surface area contributed by atoms with E-state index in [0.29, 0.717) is 23.4 Å². The number of nitrogens with zero attached hydrogens (tertiary/aromatic N) is 4. The molecule has 10 aromatic carbocycles. The van der Waals surface area contributed by atoms with Crippen molar-refractivity contribution in [3.63, 3.8) is 0 Å². The highest BCUT2D eigenvalue weighted by molar-refractivity contribution is 6.28. The first-order chi connectivity index (χ1) is 30.2. The zero-order valence-electron chi connectivity index (χ0n) is 32.8. The lowest BCUT2D eigenvalue weighted by Crippen LogP contribution is -2.01. The fourth-order valence-electron chi connectivity index (χ4n) is 8.83. The standard InChI is InChI=1S/C56H34N4O/c1-4-14-35(15-5-1)36-24-27-39(28-25-36)53-58-54(47-32-31-42(37-16-6-2-7-17-37)43-20-10-11-21-44(43)47)60-55(59-53)48-34-41-29-26-38-30-33-49-52(61-56(57-49)40-18-8-3-9-19-40)51(38)50(41)46-23-13-12-22-45(46)48/h1-34H. The Morgan fingerprint density at radius 3 is 1.49 bits per heavy atom. The monoisotopic (exact) mass is 778 g/mol. The van der Waals surface area contributed by atoms with Gasteiger partial charge in [0, 0.05) is 33.0 Å². The number of aromatic nitrogens is 4. The van der Waals surface area contributed by atoms with E-state index in [1.165, 1.54) is 0 Å². The van der Waals surface area contributed by atoms with Crippen LogP contribution in [0.25, 0.3) is 122 Å². The van der Waals surface area contributed by atoms with Crippen molar-refractivity contribution in [3.8, 4) is 67.9 Å². The molecule has 0 aliphatic heterocycles. The van der Waals surface area contributed by atoms with Gasteiger partial charge in [-0.3, -0.25) is 0 Å². The Bertz CT molecular complexity index is 3620. The summed E-state index contributed by atoms with van der Waals surface area (Å²) < 4.78 is 6.63. The van der Waals surface area contributed by atoms with Crippen molar-refractivity contribution in [2.45, 2.75) is 0 Å². The van der Waals surface area contributed by atoms with Crippen LogP contribution < -0.4 is 0 Å². The lowest BCUT2D eigenvalue weighted by atomic mass is 9.92. The summed E-state index contributed by atoms with van der Waals surface area (Å²) in [6.45, 7) is 0. The highest BCUT2D eigenvalue weighted by atomic mass is 16.3. The Hall–Kier alpha value is -8.28. The van der Waals surface area contributed by atoms with Gasteiger partial charge in [-0.15, -0.1) is 0 Å². The molecule has 0 spiro atoms. The maximum Gasteiger partial charge on any atom is 0.227 e. The molecule has 0 aliphatic rings. The van der Waals surface area contributed by atoms with Crippen LogP contribution >= 0.6 is 0 Å². The average Bonchev–Trinajstić information content (AvgIpc) is 3.79. The fourth-order valence-corrected chi connectivity index (χ4v) is 8.83. The Morgan fingerprint density at radius 1 is 0.295 bits per heavy atom. The van der Waals surface area contributed by atoms with Crippen LogP contribution in [0.15, 0.2) is 211 Å². The number of rotatable bonds is 6. The average molecular weight is 779 g/mol. The van der Waals surface area contributed by atoms with E-state index in [4.69, 9.17) is 24.4 Å². The highest BCUT2D eigenvalue weighted by Crippen LogP contribution is 2.42. The maximum atomic E-state index is 6.63. The Labute approximate surface area is 351 Å². The minimum Gasteiger partial charge on any atom is -0.435 e. The smallest absolute Gasteiger partial charge is 0.227 e. The molecule has 0 aliphatic carbocycles. The van der Waals surface area contributed by atoms with E-state index in [9.17, 15) is 0 Å². The summed E-state index contributed by atoms with van der Waals surface area (Å²) in [5, 5.41) is 8.61. The van der Waals surface area contributed by atoms with Gasteiger partial charge in [0.25, 0.3) is 0 Å². The van der Waals surface area contributed by atoms with Gasteiger partial charge in [0.05, 0.1) is 0 Å². The van der Waals surface area contributed by atoms with Crippen molar-refractivity contribution in [3.05, 3.63) is 206 Å². The van der Waals surface area contributed by atoms with Crippen molar-refractivity contribution in [1.29, 1.82) is 0 Å². The predicted octanol–water partition coefficient (Wildman–Crippen LogP) is 14.6. The molecule has 0 bridgehead atoms. The van der Waals surface area contributed by atoms with Gasteiger partial charge >= 0.3 is 0 Å². The molecule has 12 aromatic rings. The molecule has 2 aromatic heterocycles. The molecule has 0 N–H and O–H groups in total. The van der Waals surface area contributed by atoms with Crippen LogP contribution in [0.4, 0.5) is 0 Å². The van der Waals surface area contributed by atoms with Gasteiger partial charge in [0.2, 0.25) is 5.89 Å². The van der Waals surface area contributed by atoms with E-state index in [1.54, 1.807) is 0 Å². The van der Waals surface area contributed by atoms with Gasteiger partial charge < -0.3 is 4.42 Å². The molecule has 0 saturated carbocycles. The zero-order valence-corrected chi connectivity index (χ0v) is 32.8. The normalized spacial score (nSPS) is 11.6. The van der Waals surface area contributed by atoms with Crippen LogP contribution in [0.3, 0.4) is 0 Å². The fraction of sp³-hybridized carbons (Fsp3) is 0. The molecule has 5 nitrogen and oxygen atoms in total. The number of oxazole rings is 1. The number of fused-ring (bicyclic) bond motifs is 8. The molecule has 61 heavy (non-hydrogen) atoms. The van der Waals surface area contributed by atoms with Gasteiger partial charge in [0.1, 0.15) is 5.52 Å². The Morgan fingerprint density at radius 2 is 0.787 bits per heavy atom. The Kier molecular flexibility index (Phi) is 8.10.